The van der Waals surface area contributed by atoms with Gasteiger partial charge in [-0.05, 0) is 78.8 Å². The van der Waals surface area contributed by atoms with Gasteiger partial charge in [-0.25, -0.2) is 8.42 Å². The van der Waals surface area contributed by atoms with Gasteiger partial charge < -0.3 is 10.2 Å². The van der Waals surface area contributed by atoms with Crippen LogP contribution in [0.25, 0.3) is 0 Å². The quantitative estimate of drug-likeness (QED) is 0.334. The average molecular weight is 560 g/mol. The summed E-state index contributed by atoms with van der Waals surface area (Å²) in [6.07, 6.45) is -2.80. The highest BCUT2D eigenvalue weighted by Crippen LogP contribution is 2.35. The fourth-order valence-corrected chi connectivity index (χ4v) is 6.08. The van der Waals surface area contributed by atoms with Crippen molar-refractivity contribution in [1.82, 2.24) is 0 Å². The van der Waals surface area contributed by atoms with Crippen LogP contribution >= 0.6 is 0 Å². The van der Waals surface area contributed by atoms with Gasteiger partial charge in [0.15, 0.2) is 0 Å². The SMILES string of the molecule is CCc1ccc(NC(=O)c2ccc(N3C[C@H](C)C[C@H](C)C3)c(NS(=O)(=O)c3cccc(C(F)(F)F)c3)c2)cc1. The van der Waals surface area contributed by atoms with E-state index in [1.165, 1.54) is 6.07 Å². The van der Waals surface area contributed by atoms with E-state index in [2.05, 4.69) is 23.9 Å². The summed E-state index contributed by atoms with van der Waals surface area (Å²) in [5.41, 5.74) is 1.54. The number of hydrogen-bond donors (Lipinski definition) is 2. The van der Waals surface area contributed by atoms with Crippen molar-refractivity contribution in [3.8, 4) is 0 Å². The standard InChI is InChI=1S/C29H32F3N3O3S/c1-4-21-8-11-24(12-9-21)33-28(36)22-10-13-27(35-17-19(2)14-20(3)18-35)26(15-22)34-39(37,38)25-7-5-6-23(16-25)29(30,31)32/h5-13,15-16,19-20,34H,4,14,17-18H2,1-3H3,(H,33,36)/t19-,20+. The van der Waals surface area contributed by atoms with E-state index >= 15 is 0 Å². The van der Waals surface area contributed by atoms with Crippen LogP contribution in [0.1, 0.15) is 48.7 Å². The molecule has 208 valence electrons. The van der Waals surface area contributed by atoms with Crippen LogP contribution in [0.2, 0.25) is 0 Å². The van der Waals surface area contributed by atoms with Gasteiger partial charge in [-0.1, -0.05) is 39.0 Å². The summed E-state index contributed by atoms with van der Waals surface area (Å²) < 4.78 is 68.8. The number of piperidine rings is 1. The first kappa shape index (κ1) is 28.5. The lowest BCUT2D eigenvalue weighted by Crippen LogP contribution is -2.39. The normalized spacial score (nSPS) is 18.1. The predicted molar refractivity (Wildman–Crippen MR) is 148 cm³/mol. The van der Waals surface area contributed by atoms with Crippen LogP contribution in [-0.2, 0) is 22.6 Å². The number of halogens is 3. The molecule has 6 nitrogen and oxygen atoms in total. The van der Waals surface area contributed by atoms with Crippen LogP contribution in [0.3, 0.4) is 0 Å². The van der Waals surface area contributed by atoms with Crippen LogP contribution in [0.4, 0.5) is 30.2 Å². The number of hydrogen-bond acceptors (Lipinski definition) is 4. The van der Waals surface area contributed by atoms with E-state index in [9.17, 15) is 26.4 Å². The van der Waals surface area contributed by atoms with Crippen LogP contribution in [0.5, 0.6) is 0 Å². The molecule has 0 aliphatic carbocycles. The molecule has 3 aromatic rings. The molecule has 0 radical (unpaired) electrons. The number of sulfonamides is 1. The van der Waals surface area contributed by atoms with Gasteiger partial charge in [-0.2, -0.15) is 13.2 Å². The third-order valence-corrected chi connectivity index (χ3v) is 8.17. The number of amides is 1. The maximum absolute atomic E-state index is 13.3. The molecule has 1 fully saturated rings. The molecule has 0 saturated carbocycles. The molecule has 1 heterocycles. The van der Waals surface area contributed by atoms with Gasteiger partial charge >= 0.3 is 6.18 Å². The lowest BCUT2D eigenvalue weighted by atomic mass is 9.91. The summed E-state index contributed by atoms with van der Waals surface area (Å²) in [5, 5.41) is 2.81. The Morgan fingerprint density at radius 3 is 2.26 bits per heavy atom. The van der Waals surface area contributed by atoms with E-state index in [4.69, 9.17) is 0 Å². The Labute approximate surface area is 227 Å². The van der Waals surface area contributed by atoms with Gasteiger partial charge in [-0.15, -0.1) is 0 Å². The highest BCUT2D eigenvalue weighted by atomic mass is 32.2. The fourth-order valence-electron chi connectivity index (χ4n) is 4.96. The molecular weight excluding hydrogens is 527 g/mol. The highest BCUT2D eigenvalue weighted by Gasteiger charge is 2.32. The van der Waals surface area contributed by atoms with Crippen LogP contribution in [0.15, 0.2) is 71.6 Å². The third kappa shape index (κ3) is 6.92. The summed E-state index contributed by atoms with van der Waals surface area (Å²) in [7, 11) is -4.40. The molecule has 3 aromatic carbocycles. The van der Waals surface area contributed by atoms with Crippen LogP contribution in [-0.4, -0.2) is 27.4 Å². The lowest BCUT2D eigenvalue weighted by Gasteiger charge is -2.37. The van der Waals surface area contributed by atoms with Crippen molar-refractivity contribution in [3.05, 3.63) is 83.4 Å². The first-order valence-corrected chi connectivity index (χ1v) is 14.3. The minimum Gasteiger partial charge on any atom is -0.369 e. The molecule has 39 heavy (non-hydrogen) atoms. The first-order valence-electron chi connectivity index (χ1n) is 12.8. The molecule has 4 rings (SSSR count). The number of benzene rings is 3. The van der Waals surface area contributed by atoms with Gasteiger partial charge in [0, 0.05) is 24.3 Å². The summed E-state index contributed by atoms with van der Waals surface area (Å²) in [6.45, 7) is 7.61. The molecule has 1 amide bonds. The molecule has 2 atom stereocenters. The minimum absolute atomic E-state index is 0.127. The molecule has 0 aromatic heterocycles. The zero-order chi connectivity index (χ0) is 28.4. The Balaban J connectivity index is 1.70. The summed E-state index contributed by atoms with van der Waals surface area (Å²) in [5.74, 6) is 0.275. The monoisotopic (exact) mass is 559 g/mol. The molecule has 1 aliphatic heterocycles. The van der Waals surface area contributed by atoms with Gasteiger partial charge in [0.1, 0.15) is 0 Å². The number of alkyl halides is 3. The molecule has 1 aliphatic rings. The number of aryl methyl sites for hydroxylation is 1. The van der Waals surface area contributed by atoms with E-state index in [-0.39, 0.29) is 11.3 Å². The number of rotatable bonds is 7. The van der Waals surface area contributed by atoms with E-state index in [0.717, 1.165) is 36.6 Å². The number of nitrogens with zero attached hydrogens (tertiary/aromatic N) is 1. The highest BCUT2D eigenvalue weighted by molar-refractivity contribution is 7.92. The molecule has 1 saturated heterocycles. The van der Waals surface area contributed by atoms with E-state index in [1.807, 2.05) is 24.0 Å². The molecule has 2 N–H and O–H groups in total. The summed E-state index contributed by atoms with van der Waals surface area (Å²) in [6, 6.07) is 15.7. The van der Waals surface area contributed by atoms with E-state index in [1.54, 1.807) is 24.3 Å². The Morgan fingerprint density at radius 2 is 1.64 bits per heavy atom. The Kier molecular flexibility index (Phi) is 8.25. The summed E-state index contributed by atoms with van der Waals surface area (Å²) >= 11 is 0. The number of carbonyl (C=O) groups is 1. The van der Waals surface area contributed by atoms with E-state index in [0.29, 0.717) is 42.4 Å². The predicted octanol–water partition coefficient (Wildman–Crippen LogP) is 6.80. The Hall–Kier alpha value is -3.53. The smallest absolute Gasteiger partial charge is 0.369 e. The van der Waals surface area contributed by atoms with Crippen molar-refractivity contribution < 1.29 is 26.4 Å². The maximum Gasteiger partial charge on any atom is 0.416 e. The van der Waals surface area contributed by atoms with Crippen molar-refractivity contribution in [1.29, 1.82) is 0 Å². The lowest BCUT2D eigenvalue weighted by molar-refractivity contribution is -0.137. The largest absolute Gasteiger partial charge is 0.416 e. The van der Waals surface area contributed by atoms with Crippen LogP contribution in [0, 0.1) is 11.8 Å². The van der Waals surface area contributed by atoms with Gasteiger partial charge in [-0.3, -0.25) is 9.52 Å². The first-order chi connectivity index (χ1) is 18.4. The van der Waals surface area contributed by atoms with Crippen molar-refractivity contribution in [2.45, 2.75) is 44.7 Å². The average Bonchev–Trinajstić information content (AvgIpc) is 2.88. The molecule has 0 spiro atoms. The third-order valence-electron chi connectivity index (χ3n) is 6.80. The Morgan fingerprint density at radius 1 is 0.974 bits per heavy atom. The second-order valence-corrected chi connectivity index (χ2v) is 11.9. The van der Waals surface area contributed by atoms with Gasteiger partial charge in [0.05, 0.1) is 21.8 Å². The van der Waals surface area contributed by atoms with Crippen molar-refractivity contribution in [2.24, 2.45) is 11.8 Å². The second kappa shape index (κ2) is 11.3. The maximum atomic E-state index is 13.3. The van der Waals surface area contributed by atoms with Crippen molar-refractivity contribution >= 4 is 33.0 Å². The number of carbonyl (C=O) groups excluding carboxylic acids is 1. The van der Waals surface area contributed by atoms with Crippen molar-refractivity contribution in [3.63, 3.8) is 0 Å². The second-order valence-electron chi connectivity index (χ2n) is 10.2. The summed E-state index contributed by atoms with van der Waals surface area (Å²) in [4.78, 5) is 14.6. The molecule has 0 bridgehead atoms. The topological polar surface area (TPSA) is 78.5 Å². The molecular formula is C29H32F3N3O3S. The Bertz CT molecular complexity index is 1430. The molecule has 0 unspecified atom stereocenters. The fraction of sp³-hybridized carbons (Fsp3) is 0.345. The van der Waals surface area contributed by atoms with Gasteiger partial charge in [0.25, 0.3) is 15.9 Å². The van der Waals surface area contributed by atoms with Crippen LogP contribution < -0.4 is 14.9 Å². The number of anilines is 3. The zero-order valence-electron chi connectivity index (χ0n) is 22.0. The number of nitrogens with one attached hydrogen (secondary N) is 2. The molecule has 10 heteroatoms. The van der Waals surface area contributed by atoms with E-state index < -0.39 is 32.6 Å². The minimum atomic E-state index is -4.69. The van der Waals surface area contributed by atoms with Gasteiger partial charge in [0.2, 0.25) is 0 Å². The zero-order valence-corrected chi connectivity index (χ0v) is 22.9. The van der Waals surface area contributed by atoms with Crippen molar-refractivity contribution in [2.75, 3.05) is 28.0 Å².